The first kappa shape index (κ1) is 21.4. The summed E-state index contributed by atoms with van der Waals surface area (Å²) in [5.74, 6) is 1.68. The molecule has 1 saturated heterocycles. The molecule has 156 valence electrons. The Morgan fingerprint density at radius 1 is 1.10 bits per heavy atom. The first-order valence-electron chi connectivity index (χ1n) is 10.4. The minimum absolute atomic E-state index is 0.0997. The number of sulfone groups is 1. The van der Waals surface area contributed by atoms with Gasteiger partial charge in [0.2, 0.25) is 0 Å². The lowest BCUT2D eigenvalue weighted by Gasteiger charge is -2.21. The lowest BCUT2D eigenvalue weighted by molar-refractivity contribution is 0.486. The van der Waals surface area contributed by atoms with E-state index < -0.39 is 9.84 Å². The van der Waals surface area contributed by atoms with E-state index in [1.165, 1.54) is 5.56 Å². The molecule has 1 aliphatic rings. The molecule has 1 fully saturated rings. The van der Waals surface area contributed by atoms with Gasteiger partial charge in [-0.1, -0.05) is 60.7 Å². The molecule has 0 aliphatic carbocycles. The summed E-state index contributed by atoms with van der Waals surface area (Å²) in [6.07, 6.45) is 1.65. The molecule has 0 spiro atoms. The van der Waals surface area contributed by atoms with E-state index >= 15 is 0 Å². The Hall–Kier alpha value is -2.34. The monoisotopic (exact) mass is 413 g/mol. The number of likely N-dealkylation sites (tertiary alicyclic amines) is 1. The van der Waals surface area contributed by atoms with Gasteiger partial charge in [-0.05, 0) is 30.9 Å². The molecular weight excluding hydrogens is 382 g/mol. The molecule has 1 heterocycles. The first-order chi connectivity index (χ1) is 14.1. The van der Waals surface area contributed by atoms with Crippen molar-refractivity contribution in [2.24, 2.45) is 4.99 Å². The van der Waals surface area contributed by atoms with Gasteiger partial charge in [0.25, 0.3) is 0 Å². The minimum Gasteiger partial charge on any atom is -0.357 e. The quantitative estimate of drug-likeness (QED) is 0.409. The molecule has 0 saturated carbocycles. The molecule has 1 N–H and O–H groups in total. The van der Waals surface area contributed by atoms with E-state index in [4.69, 9.17) is 4.99 Å². The van der Waals surface area contributed by atoms with Crippen molar-refractivity contribution in [1.82, 2.24) is 10.2 Å². The second-order valence-corrected chi connectivity index (χ2v) is 9.69. The van der Waals surface area contributed by atoms with Crippen LogP contribution >= 0.6 is 0 Å². The van der Waals surface area contributed by atoms with Crippen molar-refractivity contribution in [2.75, 3.05) is 31.9 Å². The number of hydrogen-bond donors (Lipinski definition) is 1. The predicted molar refractivity (Wildman–Crippen MR) is 120 cm³/mol. The summed E-state index contributed by atoms with van der Waals surface area (Å²) in [5.41, 5.74) is 2.21. The average Bonchev–Trinajstić information content (AvgIpc) is 3.21. The van der Waals surface area contributed by atoms with Gasteiger partial charge in [0.1, 0.15) is 0 Å². The van der Waals surface area contributed by atoms with Crippen LogP contribution in [-0.4, -0.2) is 51.2 Å². The van der Waals surface area contributed by atoms with Crippen LogP contribution in [0.4, 0.5) is 0 Å². The van der Waals surface area contributed by atoms with Gasteiger partial charge in [-0.25, -0.2) is 8.42 Å². The number of benzene rings is 2. The van der Waals surface area contributed by atoms with Crippen LogP contribution < -0.4 is 5.32 Å². The summed E-state index contributed by atoms with van der Waals surface area (Å²) in [6, 6.07) is 20.0. The van der Waals surface area contributed by atoms with Crippen molar-refractivity contribution in [3.05, 3.63) is 71.8 Å². The highest BCUT2D eigenvalue weighted by atomic mass is 32.2. The molecule has 29 heavy (non-hydrogen) atoms. The van der Waals surface area contributed by atoms with Crippen molar-refractivity contribution in [3.8, 4) is 0 Å². The normalized spacial score (nSPS) is 17.5. The smallest absolute Gasteiger partial charge is 0.193 e. The number of guanidine groups is 1. The Kier molecular flexibility index (Phi) is 7.69. The second-order valence-electron chi connectivity index (χ2n) is 7.51. The third kappa shape index (κ3) is 6.60. The van der Waals surface area contributed by atoms with Crippen LogP contribution in [0.3, 0.4) is 0 Å². The zero-order chi connectivity index (χ0) is 20.5. The Labute approximate surface area is 174 Å². The van der Waals surface area contributed by atoms with E-state index in [9.17, 15) is 8.42 Å². The van der Waals surface area contributed by atoms with E-state index in [1.54, 1.807) is 0 Å². The predicted octanol–water partition coefficient (Wildman–Crippen LogP) is 3.45. The molecule has 3 rings (SSSR count). The fourth-order valence-electron chi connectivity index (χ4n) is 3.75. The largest absolute Gasteiger partial charge is 0.357 e. The molecule has 5 nitrogen and oxygen atoms in total. The summed E-state index contributed by atoms with van der Waals surface area (Å²) in [5, 5.41) is 3.36. The van der Waals surface area contributed by atoms with Gasteiger partial charge in [0.05, 0.1) is 11.5 Å². The van der Waals surface area contributed by atoms with Gasteiger partial charge in [0, 0.05) is 32.1 Å². The molecule has 0 bridgehead atoms. The van der Waals surface area contributed by atoms with E-state index in [0.29, 0.717) is 18.9 Å². The number of nitrogens with zero attached hydrogens (tertiary/aromatic N) is 2. The summed E-state index contributed by atoms with van der Waals surface area (Å²) in [6.45, 7) is 5.30. The maximum Gasteiger partial charge on any atom is 0.193 e. The molecule has 2 aromatic carbocycles. The summed E-state index contributed by atoms with van der Waals surface area (Å²) >= 11 is 0. The highest BCUT2D eigenvalue weighted by Crippen LogP contribution is 2.26. The van der Waals surface area contributed by atoms with Crippen molar-refractivity contribution in [3.63, 3.8) is 0 Å². The van der Waals surface area contributed by atoms with E-state index in [-0.39, 0.29) is 11.5 Å². The van der Waals surface area contributed by atoms with Crippen molar-refractivity contribution >= 4 is 15.8 Å². The molecule has 0 radical (unpaired) electrons. The van der Waals surface area contributed by atoms with Gasteiger partial charge >= 0.3 is 0 Å². The molecule has 1 atom stereocenters. The summed E-state index contributed by atoms with van der Waals surface area (Å²) < 4.78 is 24.7. The van der Waals surface area contributed by atoms with Gasteiger partial charge in [-0.15, -0.1) is 0 Å². The Morgan fingerprint density at radius 3 is 2.48 bits per heavy atom. The van der Waals surface area contributed by atoms with Crippen LogP contribution in [0.1, 0.15) is 36.8 Å². The lowest BCUT2D eigenvalue weighted by Crippen LogP contribution is -2.40. The van der Waals surface area contributed by atoms with Crippen LogP contribution in [0.15, 0.2) is 65.7 Å². The average molecular weight is 414 g/mol. The summed E-state index contributed by atoms with van der Waals surface area (Å²) in [7, 11) is -3.11. The topological polar surface area (TPSA) is 61.8 Å². The SMILES string of the molecule is CCNC(=NCCCS(=O)(=O)Cc1ccccc1)N1CCC(c2ccccc2)C1. The fourth-order valence-corrected chi connectivity index (χ4v) is 5.16. The standard InChI is InChI=1S/C23H31N3O2S/c1-2-24-23(26-16-14-22(18-26)21-12-7-4-8-13-21)25-15-9-17-29(27,28)19-20-10-5-3-6-11-20/h3-8,10-13,22H,2,9,14-19H2,1H3,(H,24,25). The Balaban J connectivity index is 1.52. The third-order valence-corrected chi connectivity index (χ3v) is 6.88. The highest BCUT2D eigenvalue weighted by molar-refractivity contribution is 7.90. The van der Waals surface area contributed by atoms with Gasteiger partial charge in [0.15, 0.2) is 15.8 Å². The Bertz CT molecular complexity index is 883. The lowest BCUT2D eigenvalue weighted by atomic mass is 9.99. The molecular formula is C23H31N3O2S. The first-order valence-corrected chi connectivity index (χ1v) is 12.2. The molecule has 1 aliphatic heterocycles. The van der Waals surface area contributed by atoms with Gasteiger partial charge in [-0.2, -0.15) is 0 Å². The fraction of sp³-hybridized carbons (Fsp3) is 0.435. The van der Waals surface area contributed by atoms with E-state index in [0.717, 1.165) is 37.6 Å². The van der Waals surface area contributed by atoms with Crippen LogP contribution in [-0.2, 0) is 15.6 Å². The van der Waals surface area contributed by atoms with E-state index in [1.807, 2.05) is 36.4 Å². The molecule has 0 aromatic heterocycles. The van der Waals surface area contributed by atoms with Gasteiger partial charge < -0.3 is 10.2 Å². The number of aliphatic imine (C=N–C) groups is 1. The number of nitrogens with one attached hydrogen (secondary N) is 1. The second kappa shape index (κ2) is 10.4. The minimum atomic E-state index is -3.11. The van der Waals surface area contributed by atoms with Crippen molar-refractivity contribution < 1.29 is 8.42 Å². The zero-order valence-electron chi connectivity index (χ0n) is 17.1. The van der Waals surface area contributed by atoms with Crippen LogP contribution in [0.25, 0.3) is 0 Å². The summed E-state index contributed by atoms with van der Waals surface area (Å²) in [4.78, 5) is 6.99. The highest BCUT2D eigenvalue weighted by Gasteiger charge is 2.25. The van der Waals surface area contributed by atoms with Crippen molar-refractivity contribution in [1.29, 1.82) is 0 Å². The van der Waals surface area contributed by atoms with E-state index in [2.05, 4.69) is 41.4 Å². The molecule has 1 unspecified atom stereocenters. The maximum atomic E-state index is 12.4. The van der Waals surface area contributed by atoms with Crippen LogP contribution in [0, 0.1) is 0 Å². The maximum absolute atomic E-state index is 12.4. The number of hydrogen-bond acceptors (Lipinski definition) is 3. The molecule has 0 amide bonds. The van der Waals surface area contributed by atoms with Crippen molar-refractivity contribution in [2.45, 2.75) is 31.4 Å². The number of rotatable bonds is 8. The Morgan fingerprint density at radius 2 is 1.79 bits per heavy atom. The molecule has 6 heteroatoms. The van der Waals surface area contributed by atoms with Crippen LogP contribution in [0.2, 0.25) is 0 Å². The van der Waals surface area contributed by atoms with Gasteiger partial charge in [-0.3, -0.25) is 4.99 Å². The zero-order valence-corrected chi connectivity index (χ0v) is 17.9. The molecule has 2 aromatic rings. The third-order valence-electron chi connectivity index (χ3n) is 5.20. The van der Waals surface area contributed by atoms with Crippen LogP contribution in [0.5, 0.6) is 0 Å².